The van der Waals surface area contributed by atoms with Gasteiger partial charge in [0.05, 0.1) is 0 Å². The Labute approximate surface area is 126 Å². The molecular weight excluding hydrogens is 324 g/mol. The van der Waals surface area contributed by atoms with Gasteiger partial charge in [-0.25, -0.2) is 8.78 Å². The third kappa shape index (κ3) is 4.12. The van der Waals surface area contributed by atoms with Crippen molar-refractivity contribution in [2.24, 2.45) is 0 Å². The molecule has 2 aromatic rings. The normalized spacial score (nSPS) is 12.4. The number of hydrogen-bond acceptors (Lipinski definition) is 1. The highest BCUT2D eigenvalue weighted by molar-refractivity contribution is 9.10. The summed E-state index contributed by atoms with van der Waals surface area (Å²) in [4.78, 5) is 0. The first-order chi connectivity index (χ1) is 9.58. The average molecular weight is 340 g/mol. The van der Waals surface area contributed by atoms with Crippen molar-refractivity contribution in [3.05, 3.63) is 69.7 Å². The summed E-state index contributed by atoms with van der Waals surface area (Å²) in [5, 5.41) is 3.18. The molecule has 0 aliphatic rings. The first-order valence-electron chi connectivity index (χ1n) is 6.44. The molecule has 4 heteroatoms. The van der Waals surface area contributed by atoms with Crippen molar-refractivity contribution in [1.29, 1.82) is 0 Å². The van der Waals surface area contributed by atoms with Gasteiger partial charge in [-0.15, -0.1) is 0 Å². The molecule has 0 saturated carbocycles. The third-order valence-electron chi connectivity index (χ3n) is 3.26. The van der Waals surface area contributed by atoms with Gasteiger partial charge in [0.15, 0.2) is 0 Å². The highest BCUT2D eigenvalue weighted by atomic mass is 79.9. The molecule has 0 fully saturated rings. The summed E-state index contributed by atoms with van der Waals surface area (Å²) in [7, 11) is 1.85. The fraction of sp³-hybridized carbons (Fsp3) is 0.250. The second kappa shape index (κ2) is 6.95. The third-order valence-corrected chi connectivity index (χ3v) is 3.75. The number of rotatable bonds is 5. The Bertz CT molecular complexity index is 586. The lowest BCUT2D eigenvalue weighted by molar-refractivity contribution is 0.524. The van der Waals surface area contributed by atoms with Gasteiger partial charge in [0.25, 0.3) is 0 Å². The molecule has 0 aliphatic heterocycles. The summed E-state index contributed by atoms with van der Waals surface area (Å²) in [5.41, 5.74) is 1.70. The summed E-state index contributed by atoms with van der Waals surface area (Å²) in [6.07, 6.45) is 1.31. The summed E-state index contributed by atoms with van der Waals surface area (Å²) >= 11 is 3.44. The molecule has 0 saturated heterocycles. The Hall–Kier alpha value is -1.26. The molecule has 2 rings (SSSR count). The Balaban J connectivity index is 2.09. The standard InChI is InChI=1S/C16H16BrF2N/c1-20-15(8-11-3-2-4-13(17)7-11)9-12-5-6-14(18)10-16(12)19/h2-7,10,15,20H,8-9H2,1H3. The minimum absolute atomic E-state index is 0.101. The van der Waals surface area contributed by atoms with E-state index in [0.717, 1.165) is 17.0 Å². The average Bonchev–Trinajstić information content (AvgIpc) is 2.41. The maximum atomic E-state index is 13.7. The molecule has 0 aliphatic carbocycles. The van der Waals surface area contributed by atoms with Gasteiger partial charge in [0.2, 0.25) is 0 Å². The van der Waals surface area contributed by atoms with E-state index >= 15 is 0 Å². The zero-order valence-corrected chi connectivity index (χ0v) is 12.8. The van der Waals surface area contributed by atoms with Crippen LogP contribution in [0.3, 0.4) is 0 Å². The smallest absolute Gasteiger partial charge is 0.129 e. The second-order valence-electron chi connectivity index (χ2n) is 4.76. The van der Waals surface area contributed by atoms with E-state index in [1.165, 1.54) is 17.7 Å². The van der Waals surface area contributed by atoms with Crippen LogP contribution in [0.4, 0.5) is 8.78 Å². The molecule has 2 aromatic carbocycles. The number of benzene rings is 2. The van der Waals surface area contributed by atoms with Crippen molar-refractivity contribution >= 4 is 15.9 Å². The van der Waals surface area contributed by atoms with Crippen LogP contribution in [0.25, 0.3) is 0 Å². The van der Waals surface area contributed by atoms with Crippen molar-refractivity contribution in [3.63, 3.8) is 0 Å². The topological polar surface area (TPSA) is 12.0 Å². The minimum Gasteiger partial charge on any atom is -0.316 e. The lowest BCUT2D eigenvalue weighted by Gasteiger charge is -2.17. The number of hydrogen-bond donors (Lipinski definition) is 1. The molecule has 20 heavy (non-hydrogen) atoms. The minimum atomic E-state index is -0.542. The molecule has 0 heterocycles. The second-order valence-corrected chi connectivity index (χ2v) is 5.68. The van der Waals surface area contributed by atoms with Gasteiger partial charge < -0.3 is 5.32 Å². The lowest BCUT2D eigenvalue weighted by Crippen LogP contribution is -2.30. The molecule has 1 nitrogen and oxygen atoms in total. The molecule has 1 unspecified atom stereocenters. The predicted molar refractivity (Wildman–Crippen MR) is 80.8 cm³/mol. The fourth-order valence-corrected chi connectivity index (χ4v) is 2.62. The van der Waals surface area contributed by atoms with Crippen LogP contribution in [0.1, 0.15) is 11.1 Å². The van der Waals surface area contributed by atoms with E-state index < -0.39 is 11.6 Å². The summed E-state index contributed by atoms with van der Waals surface area (Å²) in [5.74, 6) is -1.03. The lowest BCUT2D eigenvalue weighted by atomic mass is 9.99. The van der Waals surface area contributed by atoms with E-state index in [1.807, 2.05) is 31.3 Å². The molecule has 0 amide bonds. The van der Waals surface area contributed by atoms with Crippen molar-refractivity contribution in [3.8, 4) is 0 Å². The van der Waals surface area contributed by atoms with E-state index in [1.54, 1.807) is 0 Å². The summed E-state index contributed by atoms with van der Waals surface area (Å²) in [6, 6.07) is 11.9. The van der Waals surface area contributed by atoms with Gasteiger partial charge >= 0.3 is 0 Å². The highest BCUT2D eigenvalue weighted by Gasteiger charge is 2.12. The van der Waals surface area contributed by atoms with E-state index in [4.69, 9.17) is 0 Å². The maximum Gasteiger partial charge on any atom is 0.129 e. The van der Waals surface area contributed by atoms with Gasteiger partial charge in [0.1, 0.15) is 11.6 Å². The van der Waals surface area contributed by atoms with E-state index in [9.17, 15) is 8.78 Å². The molecule has 0 radical (unpaired) electrons. The van der Waals surface area contributed by atoms with Gasteiger partial charge in [0, 0.05) is 16.6 Å². The zero-order chi connectivity index (χ0) is 14.5. The van der Waals surface area contributed by atoms with Gasteiger partial charge in [-0.1, -0.05) is 34.1 Å². The summed E-state index contributed by atoms with van der Waals surface area (Å²) in [6.45, 7) is 0. The van der Waals surface area contributed by atoms with Crippen LogP contribution >= 0.6 is 15.9 Å². The Kier molecular flexibility index (Phi) is 5.26. The maximum absolute atomic E-state index is 13.7. The van der Waals surface area contributed by atoms with Crippen LogP contribution in [0.15, 0.2) is 46.9 Å². The molecule has 1 N–H and O–H groups in total. The zero-order valence-electron chi connectivity index (χ0n) is 11.2. The van der Waals surface area contributed by atoms with Gasteiger partial charge in [-0.2, -0.15) is 0 Å². The molecule has 0 bridgehead atoms. The predicted octanol–water partition coefficient (Wildman–Crippen LogP) is 4.10. The van der Waals surface area contributed by atoms with Crippen LogP contribution in [-0.2, 0) is 12.8 Å². The molecule has 0 spiro atoms. The number of nitrogens with one attached hydrogen (secondary N) is 1. The number of likely N-dealkylation sites (N-methyl/N-ethyl adjacent to an activating group) is 1. The largest absolute Gasteiger partial charge is 0.316 e. The first-order valence-corrected chi connectivity index (χ1v) is 7.23. The molecule has 1 atom stereocenters. The van der Waals surface area contributed by atoms with Crippen molar-refractivity contribution < 1.29 is 8.78 Å². The first kappa shape index (κ1) is 15.1. The fourth-order valence-electron chi connectivity index (χ4n) is 2.18. The van der Waals surface area contributed by atoms with Crippen LogP contribution in [0.2, 0.25) is 0 Å². The van der Waals surface area contributed by atoms with Gasteiger partial charge in [-0.3, -0.25) is 0 Å². The van der Waals surface area contributed by atoms with Crippen LogP contribution < -0.4 is 5.32 Å². The van der Waals surface area contributed by atoms with Crippen molar-refractivity contribution in [2.45, 2.75) is 18.9 Å². The SMILES string of the molecule is CNC(Cc1cccc(Br)c1)Cc1ccc(F)cc1F. The van der Waals surface area contributed by atoms with Crippen LogP contribution in [0.5, 0.6) is 0 Å². The van der Waals surface area contributed by atoms with Crippen LogP contribution in [-0.4, -0.2) is 13.1 Å². The van der Waals surface area contributed by atoms with Gasteiger partial charge in [-0.05, 0) is 49.2 Å². The monoisotopic (exact) mass is 339 g/mol. The Morgan fingerprint density at radius 2 is 1.90 bits per heavy atom. The molecular formula is C16H16BrF2N. The Morgan fingerprint density at radius 3 is 2.55 bits per heavy atom. The Morgan fingerprint density at radius 1 is 1.10 bits per heavy atom. The quantitative estimate of drug-likeness (QED) is 0.864. The van der Waals surface area contributed by atoms with Crippen molar-refractivity contribution in [1.82, 2.24) is 5.32 Å². The van der Waals surface area contributed by atoms with E-state index in [-0.39, 0.29) is 6.04 Å². The molecule has 0 aromatic heterocycles. The highest BCUT2D eigenvalue weighted by Crippen LogP contribution is 2.16. The van der Waals surface area contributed by atoms with E-state index in [0.29, 0.717) is 12.0 Å². The summed E-state index contributed by atoms with van der Waals surface area (Å²) < 4.78 is 27.6. The molecule has 106 valence electrons. The van der Waals surface area contributed by atoms with Crippen molar-refractivity contribution in [2.75, 3.05) is 7.05 Å². The number of halogens is 3. The van der Waals surface area contributed by atoms with E-state index in [2.05, 4.69) is 21.2 Å². The van der Waals surface area contributed by atoms with Crippen LogP contribution in [0, 0.1) is 11.6 Å².